The number of nitrogens with zero attached hydrogens (tertiary/aromatic N) is 2. The van der Waals surface area contributed by atoms with Crippen LogP contribution in [0.2, 0.25) is 0 Å². The number of ether oxygens (including phenoxy) is 1. The monoisotopic (exact) mass is 375 g/mol. The lowest BCUT2D eigenvalue weighted by atomic mass is 10.0. The molecule has 8 heteroatoms. The number of nitro groups is 1. The fourth-order valence-corrected chi connectivity index (χ4v) is 3.97. The Morgan fingerprint density at radius 3 is 2.50 bits per heavy atom. The number of para-hydroxylation sites is 1. The number of carbonyl (C=O) groups is 1. The van der Waals surface area contributed by atoms with E-state index in [-0.39, 0.29) is 11.3 Å². The molecular weight excluding hydrogens is 356 g/mol. The molecule has 1 aliphatic rings. The maximum absolute atomic E-state index is 12.2. The molecule has 7 nitrogen and oxygen atoms in total. The van der Waals surface area contributed by atoms with Crippen molar-refractivity contribution in [1.82, 2.24) is 3.89 Å². The first-order valence-corrected chi connectivity index (χ1v) is 8.75. The molecule has 2 aromatic rings. The quantitative estimate of drug-likeness (QED) is 0.363. The van der Waals surface area contributed by atoms with E-state index in [4.69, 9.17) is 4.74 Å². The second-order valence-corrected chi connectivity index (χ2v) is 8.24. The Balaban J connectivity index is 2.01. The number of rotatable bonds is 4. The normalized spacial score (nSPS) is 17.0. The van der Waals surface area contributed by atoms with E-state index in [1.54, 1.807) is 25.2 Å². The van der Waals surface area contributed by atoms with Crippen molar-refractivity contribution in [3.63, 3.8) is 0 Å². The first-order valence-electron chi connectivity index (χ1n) is 7.98. The summed E-state index contributed by atoms with van der Waals surface area (Å²) in [7, 11) is 1.57. The Morgan fingerprint density at radius 2 is 1.92 bits per heavy atom. The summed E-state index contributed by atoms with van der Waals surface area (Å²) in [6.45, 7) is 3.93. The molecule has 0 aromatic heterocycles. The van der Waals surface area contributed by atoms with Crippen molar-refractivity contribution in [3.8, 4) is 5.75 Å². The summed E-state index contributed by atoms with van der Waals surface area (Å²) < 4.78 is 5.54. The van der Waals surface area contributed by atoms with E-state index in [0.29, 0.717) is 22.8 Å². The number of hydrogen-bond acceptors (Lipinski definition) is 5. The number of carboxylic acid groups (broad SMARTS) is 1. The van der Waals surface area contributed by atoms with E-state index in [0.717, 1.165) is 17.5 Å². The minimum absolute atomic E-state index is 0.0374. The molecule has 1 heterocycles. The van der Waals surface area contributed by atoms with Crippen molar-refractivity contribution < 1.29 is 19.6 Å². The maximum atomic E-state index is 12.2. The number of amides is 1. The smallest absolute Gasteiger partial charge is 0.481 e. The van der Waals surface area contributed by atoms with Crippen LogP contribution >= 0.6 is 11.9 Å². The van der Waals surface area contributed by atoms with Crippen LogP contribution < -0.4 is 8.63 Å². The molecule has 1 aliphatic heterocycles. The molecule has 0 saturated heterocycles. The lowest BCUT2D eigenvalue weighted by Gasteiger charge is -2.27. The topological polar surface area (TPSA) is 89.7 Å². The highest BCUT2D eigenvalue weighted by Crippen LogP contribution is 2.48. The molecule has 1 atom stereocenters. The van der Waals surface area contributed by atoms with Gasteiger partial charge in [-0.2, -0.15) is 4.79 Å². The van der Waals surface area contributed by atoms with E-state index in [1.165, 1.54) is 12.1 Å². The number of benzene rings is 2. The third-order valence-corrected chi connectivity index (χ3v) is 5.43. The van der Waals surface area contributed by atoms with E-state index in [9.17, 15) is 20.0 Å². The summed E-state index contributed by atoms with van der Waals surface area (Å²) in [6.07, 6.45) is -0.354. The lowest BCUT2D eigenvalue weighted by Crippen LogP contribution is -2.43. The fraction of sp³-hybridized carbons (Fsp3) is 0.278. The number of hydrogen-bond donors (Lipinski definition) is 1. The number of non-ortho nitro benzene ring substituents is 1. The molecule has 0 fully saturated rings. The van der Waals surface area contributed by atoms with Crippen molar-refractivity contribution in [2.45, 2.75) is 30.8 Å². The molecule has 0 radical (unpaired) electrons. The minimum atomic E-state index is -1.06. The number of nitro benzene ring substituents is 1. The minimum Gasteiger partial charge on any atom is -0.481 e. The van der Waals surface area contributed by atoms with Crippen LogP contribution in [0.5, 0.6) is 5.75 Å². The van der Waals surface area contributed by atoms with Crippen LogP contribution in [0.1, 0.15) is 19.4 Å². The highest BCUT2D eigenvalue weighted by Gasteiger charge is 2.44. The number of quaternary nitrogens is 1. The molecule has 1 unspecified atom stereocenters. The molecular formula is C18H19N2O5S+. The van der Waals surface area contributed by atoms with Gasteiger partial charge in [0.1, 0.15) is 17.5 Å². The Hall–Kier alpha value is -2.58. The van der Waals surface area contributed by atoms with Gasteiger partial charge >= 0.3 is 6.09 Å². The zero-order chi connectivity index (χ0) is 19.1. The van der Waals surface area contributed by atoms with Crippen LogP contribution in [0.25, 0.3) is 0 Å². The molecule has 0 spiro atoms. The van der Waals surface area contributed by atoms with Crippen molar-refractivity contribution >= 4 is 29.4 Å². The molecule has 1 N–H and O–H groups in total. The summed E-state index contributed by atoms with van der Waals surface area (Å²) in [5.41, 5.74) is 1.08. The van der Waals surface area contributed by atoms with E-state index in [2.05, 4.69) is 0 Å². The van der Waals surface area contributed by atoms with Crippen LogP contribution in [-0.2, 0) is 6.42 Å². The predicted octanol–water partition coefficient (Wildman–Crippen LogP) is 4.63. The Kier molecular flexibility index (Phi) is 4.41. The SMILES string of the molecule is CC1(C)Cc2cccc([N+](C)(Sc3ccc([N+](=O)[O-])cc3)C(=O)O)c2O1. The molecule has 26 heavy (non-hydrogen) atoms. The summed E-state index contributed by atoms with van der Waals surface area (Å²) in [6, 6.07) is 11.3. The van der Waals surface area contributed by atoms with E-state index in [1.807, 2.05) is 26.0 Å². The van der Waals surface area contributed by atoms with E-state index >= 15 is 0 Å². The van der Waals surface area contributed by atoms with Gasteiger partial charge in [-0.25, -0.2) is 0 Å². The Labute approximate surface area is 155 Å². The molecule has 3 rings (SSSR count). The number of fused-ring (bicyclic) bond motifs is 1. The fourth-order valence-electron chi connectivity index (χ4n) is 2.97. The Bertz CT molecular complexity index is 882. The van der Waals surface area contributed by atoms with Gasteiger partial charge in [0, 0.05) is 30.2 Å². The maximum Gasteiger partial charge on any atom is 0.530 e. The van der Waals surface area contributed by atoms with Gasteiger partial charge in [-0.3, -0.25) is 10.1 Å². The van der Waals surface area contributed by atoms with Crippen LogP contribution in [0.3, 0.4) is 0 Å². The first kappa shape index (κ1) is 18.2. The lowest BCUT2D eigenvalue weighted by molar-refractivity contribution is -0.384. The average molecular weight is 375 g/mol. The van der Waals surface area contributed by atoms with Gasteiger partial charge in [-0.1, -0.05) is 12.1 Å². The summed E-state index contributed by atoms with van der Waals surface area (Å²) in [5, 5.41) is 20.7. The second-order valence-electron chi connectivity index (χ2n) is 6.85. The zero-order valence-corrected chi connectivity index (χ0v) is 15.4. The van der Waals surface area contributed by atoms with Crippen LogP contribution in [0.4, 0.5) is 16.2 Å². The van der Waals surface area contributed by atoms with Gasteiger partial charge in [0.25, 0.3) is 5.69 Å². The third-order valence-electron chi connectivity index (χ3n) is 4.23. The van der Waals surface area contributed by atoms with Crippen molar-refractivity contribution in [3.05, 3.63) is 58.1 Å². The Morgan fingerprint density at radius 1 is 1.27 bits per heavy atom. The molecule has 136 valence electrons. The zero-order valence-electron chi connectivity index (χ0n) is 14.6. The van der Waals surface area contributed by atoms with E-state index < -0.39 is 14.9 Å². The van der Waals surface area contributed by atoms with Crippen LogP contribution in [-0.4, -0.2) is 28.8 Å². The second kappa shape index (κ2) is 6.30. The standard InChI is InChI=1S/C18H18N2O5S/c1-18(2)11-12-5-4-6-15(16(12)25-18)20(3,17(21)22)26-14-9-7-13(8-10-14)19(23)24/h4-10H,11H2,1-3H3/p+1. The highest BCUT2D eigenvalue weighted by molar-refractivity contribution is 7.99. The van der Waals surface area contributed by atoms with Gasteiger partial charge < -0.3 is 9.84 Å². The van der Waals surface area contributed by atoms with Crippen molar-refractivity contribution in [1.29, 1.82) is 0 Å². The summed E-state index contributed by atoms with van der Waals surface area (Å²) in [4.78, 5) is 23.1. The molecule has 0 aliphatic carbocycles. The van der Waals surface area contributed by atoms with Gasteiger partial charge in [-0.05, 0) is 26.0 Å². The predicted molar refractivity (Wildman–Crippen MR) is 99.5 cm³/mol. The van der Waals surface area contributed by atoms with Gasteiger partial charge in [0.05, 0.1) is 16.9 Å². The molecule has 2 aromatic carbocycles. The first-order chi connectivity index (χ1) is 12.1. The van der Waals surface area contributed by atoms with Crippen LogP contribution in [0.15, 0.2) is 47.4 Å². The van der Waals surface area contributed by atoms with Crippen LogP contribution in [0, 0.1) is 10.1 Å². The van der Waals surface area contributed by atoms with Crippen molar-refractivity contribution in [2.75, 3.05) is 7.05 Å². The summed E-state index contributed by atoms with van der Waals surface area (Å²) >= 11 is 1.07. The van der Waals surface area contributed by atoms with Gasteiger partial charge in [0.2, 0.25) is 0 Å². The highest BCUT2D eigenvalue weighted by atomic mass is 32.2. The molecule has 1 amide bonds. The largest absolute Gasteiger partial charge is 0.530 e. The third kappa shape index (κ3) is 3.25. The average Bonchev–Trinajstić information content (AvgIpc) is 2.88. The molecule has 0 bridgehead atoms. The van der Waals surface area contributed by atoms with Gasteiger partial charge in [-0.15, -0.1) is 3.89 Å². The van der Waals surface area contributed by atoms with Gasteiger partial charge in [0.15, 0.2) is 11.4 Å². The van der Waals surface area contributed by atoms with Crippen molar-refractivity contribution in [2.24, 2.45) is 0 Å². The summed E-state index contributed by atoms with van der Waals surface area (Å²) in [5.74, 6) is 0.594. The molecule has 0 saturated carbocycles.